The van der Waals surface area contributed by atoms with E-state index in [1.165, 1.54) is 18.2 Å². The third-order valence-corrected chi connectivity index (χ3v) is 2.75. The maximum absolute atomic E-state index is 12.1. The average molecular weight is 254 g/mol. The van der Waals surface area contributed by atoms with Gasteiger partial charge in [0.2, 0.25) is 0 Å². The van der Waals surface area contributed by atoms with Gasteiger partial charge < -0.3 is 0 Å². The summed E-state index contributed by atoms with van der Waals surface area (Å²) in [5.41, 5.74) is -0.276. The predicted molar refractivity (Wildman–Crippen MR) is 69.3 cm³/mol. The molecule has 0 saturated heterocycles. The van der Waals surface area contributed by atoms with Gasteiger partial charge in [0.1, 0.15) is 17.9 Å². The van der Waals surface area contributed by atoms with Crippen molar-refractivity contribution in [2.24, 2.45) is 5.41 Å². The van der Waals surface area contributed by atoms with Gasteiger partial charge in [-0.1, -0.05) is 26.8 Å². The lowest BCUT2D eigenvalue weighted by Crippen LogP contribution is -2.23. The molecule has 1 rings (SSSR count). The van der Waals surface area contributed by atoms with Crippen molar-refractivity contribution in [2.75, 3.05) is 0 Å². The molecule has 19 heavy (non-hydrogen) atoms. The Balaban J connectivity index is 3.13. The van der Waals surface area contributed by atoms with Gasteiger partial charge in [-0.25, -0.2) is 0 Å². The first kappa shape index (κ1) is 14.6. The number of hydrogen-bond donors (Lipinski definition) is 0. The Morgan fingerprint density at radius 1 is 1.16 bits per heavy atom. The van der Waals surface area contributed by atoms with Crippen molar-refractivity contribution >= 4 is 11.6 Å². The molecule has 0 atom stereocenters. The number of ketones is 2. The second kappa shape index (κ2) is 5.46. The van der Waals surface area contributed by atoms with Crippen molar-refractivity contribution in [2.45, 2.75) is 27.2 Å². The number of Topliss-reactive ketones (excluding diaryl/α,β-unsaturated/α-hetero) is 2. The van der Waals surface area contributed by atoms with Crippen LogP contribution < -0.4 is 0 Å². The number of nitriles is 2. The van der Waals surface area contributed by atoms with Gasteiger partial charge in [0, 0.05) is 11.0 Å². The molecular formula is C15H14N2O2. The molecule has 1 aromatic carbocycles. The SMILES string of the molecule is CC(C)(C)C(=O)CC(=O)c1cccc(C#N)c1C#N. The number of nitrogens with zero attached hydrogens (tertiary/aromatic N) is 2. The van der Waals surface area contributed by atoms with Gasteiger partial charge in [0.25, 0.3) is 0 Å². The lowest BCUT2D eigenvalue weighted by molar-refractivity contribution is -0.125. The molecule has 0 aliphatic heterocycles. The molecule has 0 aromatic heterocycles. The van der Waals surface area contributed by atoms with E-state index in [1.54, 1.807) is 20.8 Å². The molecule has 0 heterocycles. The normalized spacial score (nSPS) is 10.4. The third-order valence-electron chi connectivity index (χ3n) is 2.75. The van der Waals surface area contributed by atoms with Crippen LogP contribution in [0.1, 0.15) is 48.7 Å². The van der Waals surface area contributed by atoms with Gasteiger partial charge in [-0.3, -0.25) is 9.59 Å². The summed E-state index contributed by atoms with van der Waals surface area (Å²) in [6.07, 6.45) is -0.257. The number of carbonyl (C=O) groups is 2. The van der Waals surface area contributed by atoms with E-state index in [0.717, 1.165) is 0 Å². The third kappa shape index (κ3) is 3.26. The van der Waals surface area contributed by atoms with Crippen LogP contribution in [-0.4, -0.2) is 11.6 Å². The number of carbonyl (C=O) groups excluding carboxylic acids is 2. The molecule has 0 bridgehead atoms. The Kier molecular flexibility index (Phi) is 4.19. The zero-order chi connectivity index (χ0) is 14.6. The van der Waals surface area contributed by atoms with E-state index >= 15 is 0 Å². The molecule has 0 spiro atoms. The van der Waals surface area contributed by atoms with Crippen LogP contribution in [-0.2, 0) is 4.79 Å². The highest BCUT2D eigenvalue weighted by molar-refractivity contribution is 6.10. The highest BCUT2D eigenvalue weighted by Gasteiger charge is 2.25. The fraction of sp³-hybridized carbons (Fsp3) is 0.333. The molecule has 96 valence electrons. The number of hydrogen-bond acceptors (Lipinski definition) is 4. The highest BCUT2D eigenvalue weighted by atomic mass is 16.1. The van der Waals surface area contributed by atoms with Crippen molar-refractivity contribution in [1.29, 1.82) is 10.5 Å². The standard InChI is InChI=1S/C15H14N2O2/c1-15(2,3)14(19)7-13(18)11-6-4-5-10(8-16)12(11)9-17/h4-6H,7H2,1-3H3. The molecular weight excluding hydrogens is 240 g/mol. The topological polar surface area (TPSA) is 81.7 Å². The summed E-state index contributed by atoms with van der Waals surface area (Å²) in [5.74, 6) is -0.614. The lowest BCUT2D eigenvalue weighted by Gasteiger charge is -2.16. The van der Waals surface area contributed by atoms with E-state index in [1.807, 2.05) is 12.1 Å². The van der Waals surface area contributed by atoms with E-state index in [0.29, 0.717) is 0 Å². The van der Waals surface area contributed by atoms with Crippen molar-refractivity contribution in [3.8, 4) is 12.1 Å². The minimum absolute atomic E-state index is 0.0386. The second-order valence-electron chi connectivity index (χ2n) is 5.22. The molecule has 0 radical (unpaired) electrons. The van der Waals surface area contributed by atoms with E-state index in [2.05, 4.69) is 0 Å². The summed E-state index contributed by atoms with van der Waals surface area (Å²) in [7, 11) is 0. The molecule has 0 aliphatic carbocycles. The molecule has 0 unspecified atom stereocenters. The lowest BCUT2D eigenvalue weighted by atomic mass is 9.86. The molecule has 0 N–H and O–H groups in total. The average Bonchev–Trinajstić information content (AvgIpc) is 2.36. The van der Waals surface area contributed by atoms with Crippen LogP contribution in [0.3, 0.4) is 0 Å². The minimum Gasteiger partial charge on any atom is -0.299 e. The maximum atomic E-state index is 12.1. The smallest absolute Gasteiger partial charge is 0.171 e. The molecule has 0 fully saturated rings. The fourth-order valence-electron chi connectivity index (χ4n) is 1.50. The monoisotopic (exact) mass is 254 g/mol. The van der Waals surface area contributed by atoms with Gasteiger partial charge in [-0.05, 0) is 12.1 Å². The van der Waals surface area contributed by atoms with Gasteiger partial charge in [0.05, 0.1) is 17.5 Å². The summed E-state index contributed by atoms with van der Waals surface area (Å²) in [6.45, 7) is 5.21. The Bertz CT molecular complexity index is 611. The van der Waals surface area contributed by atoms with Crippen LogP contribution in [0.25, 0.3) is 0 Å². The van der Waals surface area contributed by atoms with E-state index in [9.17, 15) is 9.59 Å². The first-order chi connectivity index (χ1) is 8.81. The predicted octanol–water partition coefficient (Wildman–Crippen LogP) is 2.62. The van der Waals surface area contributed by atoms with Crippen LogP contribution in [0.15, 0.2) is 18.2 Å². The minimum atomic E-state index is -0.602. The summed E-state index contributed by atoms with van der Waals surface area (Å²) in [6, 6.07) is 8.20. The quantitative estimate of drug-likeness (QED) is 0.613. The van der Waals surface area contributed by atoms with Gasteiger partial charge in [-0.2, -0.15) is 10.5 Å². The van der Waals surface area contributed by atoms with Crippen molar-refractivity contribution < 1.29 is 9.59 Å². The van der Waals surface area contributed by atoms with Gasteiger partial charge in [-0.15, -0.1) is 0 Å². The first-order valence-corrected chi connectivity index (χ1v) is 5.81. The Morgan fingerprint density at radius 2 is 1.79 bits per heavy atom. The largest absolute Gasteiger partial charge is 0.299 e. The zero-order valence-electron chi connectivity index (χ0n) is 11.2. The summed E-state index contributed by atoms with van der Waals surface area (Å²) in [5, 5.41) is 17.9. The van der Waals surface area contributed by atoms with E-state index < -0.39 is 11.2 Å². The maximum Gasteiger partial charge on any atom is 0.171 e. The van der Waals surface area contributed by atoms with Crippen LogP contribution in [0.5, 0.6) is 0 Å². The van der Waals surface area contributed by atoms with E-state index in [-0.39, 0.29) is 28.9 Å². The molecule has 0 saturated carbocycles. The van der Waals surface area contributed by atoms with Crippen LogP contribution in [0, 0.1) is 28.1 Å². The second-order valence-corrected chi connectivity index (χ2v) is 5.22. The number of rotatable bonds is 3. The highest BCUT2D eigenvalue weighted by Crippen LogP contribution is 2.20. The fourth-order valence-corrected chi connectivity index (χ4v) is 1.50. The molecule has 1 aromatic rings. The summed E-state index contributed by atoms with van der Waals surface area (Å²) >= 11 is 0. The summed E-state index contributed by atoms with van der Waals surface area (Å²) in [4.78, 5) is 23.9. The van der Waals surface area contributed by atoms with E-state index in [4.69, 9.17) is 10.5 Å². The van der Waals surface area contributed by atoms with Gasteiger partial charge in [0.15, 0.2) is 5.78 Å². The molecule has 4 heteroatoms. The van der Waals surface area contributed by atoms with Crippen LogP contribution in [0.2, 0.25) is 0 Å². The Morgan fingerprint density at radius 3 is 2.26 bits per heavy atom. The zero-order valence-corrected chi connectivity index (χ0v) is 11.2. The van der Waals surface area contributed by atoms with Gasteiger partial charge >= 0.3 is 0 Å². The summed E-state index contributed by atoms with van der Waals surface area (Å²) < 4.78 is 0. The van der Waals surface area contributed by atoms with Crippen molar-refractivity contribution in [1.82, 2.24) is 0 Å². The Hall–Kier alpha value is -2.46. The van der Waals surface area contributed by atoms with Crippen LogP contribution >= 0.6 is 0 Å². The van der Waals surface area contributed by atoms with Crippen LogP contribution in [0.4, 0.5) is 0 Å². The van der Waals surface area contributed by atoms with Crippen molar-refractivity contribution in [3.05, 3.63) is 34.9 Å². The van der Waals surface area contributed by atoms with Crippen molar-refractivity contribution in [3.63, 3.8) is 0 Å². The molecule has 0 amide bonds. The molecule has 4 nitrogen and oxygen atoms in total. The number of benzene rings is 1. The molecule has 0 aliphatic rings. The Labute approximate surface area is 112 Å². The first-order valence-electron chi connectivity index (χ1n) is 5.81.